The number of alkyl halides is 2. The van der Waals surface area contributed by atoms with E-state index in [-0.39, 0.29) is 0 Å². The topological polar surface area (TPSA) is 84.3 Å². The maximum Gasteiger partial charge on any atom is 0.330 e. The van der Waals surface area contributed by atoms with Crippen LogP contribution in [0.5, 0.6) is 0 Å². The van der Waals surface area contributed by atoms with Gasteiger partial charge in [0.05, 0.1) is 0 Å². The van der Waals surface area contributed by atoms with Crippen LogP contribution < -0.4 is 11.2 Å². The number of halogens is 2. The molecule has 0 saturated heterocycles. The number of ether oxygens (including phenoxy) is 1. The summed E-state index contributed by atoms with van der Waals surface area (Å²) in [6.07, 6.45) is -3.25. The number of H-pyrrole nitrogens is 1. The van der Waals surface area contributed by atoms with Crippen molar-refractivity contribution in [3.63, 3.8) is 0 Å². The van der Waals surface area contributed by atoms with Gasteiger partial charge in [-0.05, 0) is 0 Å². The molecule has 0 amide bonds. The first-order valence-corrected chi connectivity index (χ1v) is 6.26. The normalized spacial score (nSPS) is 16.5. The van der Waals surface area contributed by atoms with E-state index in [1.54, 1.807) is 0 Å². The lowest BCUT2D eigenvalue weighted by Crippen LogP contribution is -2.40. The first-order chi connectivity index (χ1) is 8.01. The SMILES string of the molecule is CO[C@H](CI)[C@@H](F)[C@@H](O)n1ccc(=O)[nH]c1=O. The lowest BCUT2D eigenvalue weighted by Gasteiger charge is -2.23. The molecule has 8 heteroatoms. The molecule has 2 N–H and O–H groups in total. The summed E-state index contributed by atoms with van der Waals surface area (Å²) in [6.45, 7) is 0. The van der Waals surface area contributed by atoms with E-state index < -0.39 is 29.8 Å². The van der Waals surface area contributed by atoms with Crippen LogP contribution in [0.1, 0.15) is 6.23 Å². The minimum atomic E-state index is -1.76. The van der Waals surface area contributed by atoms with Crippen LogP contribution in [0.25, 0.3) is 0 Å². The number of rotatable bonds is 5. The van der Waals surface area contributed by atoms with Crippen LogP contribution in [0, 0.1) is 0 Å². The molecule has 96 valence electrons. The van der Waals surface area contributed by atoms with Gasteiger partial charge in [-0.3, -0.25) is 14.3 Å². The maximum atomic E-state index is 13.8. The molecule has 6 nitrogen and oxygen atoms in total. The van der Waals surface area contributed by atoms with Gasteiger partial charge in [-0.1, -0.05) is 22.6 Å². The Morgan fingerprint density at radius 1 is 1.65 bits per heavy atom. The molecule has 0 saturated carbocycles. The van der Waals surface area contributed by atoms with Gasteiger partial charge in [0.15, 0.2) is 12.4 Å². The molecule has 0 bridgehead atoms. The molecule has 1 rings (SSSR count). The average Bonchev–Trinajstić information content (AvgIpc) is 2.29. The van der Waals surface area contributed by atoms with E-state index in [1.807, 2.05) is 27.6 Å². The fraction of sp³-hybridized carbons (Fsp3) is 0.556. The van der Waals surface area contributed by atoms with Crippen molar-refractivity contribution in [2.45, 2.75) is 18.5 Å². The highest BCUT2D eigenvalue weighted by atomic mass is 127. The molecule has 0 aromatic carbocycles. The first kappa shape index (κ1) is 14.3. The Balaban J connectivity index is 2.99. The Kier molecular flexibility index (Phi) is 5.28. The van der Waals surface area contributed by atoms with Crippen molar-refractivity contribution >= 4 is 22.6 Å². The van der Waals surface area contributed by atoms with Gasteiger partial charge in [0.2, 0.25) is 0 Å². The highest BCUT2D eigenvalue weighted by molar-refractivity contribution is 14.1. The second kappa shape index (κ2) is 6.26. The lowest BCUT2D eigenvalue weighted by molar-refractivity contribution is -0.0551. The molecule has 17 heavy (non-hydrogen) atoms. The minimum absolute atomic E-state index is 0.324. The molecule has 3 atom stereocenters. The Labute approximate surface area is 110 Å². The molecular formula is C9H12FIN2O4. The zero-order valence-electron chi connectivity index (χ0n) is 8.97. The Morgan fingerprint density at radius 2 is 2.29 bits per heavy atom. The van der Waals surface area contributed by atoms with Crippen molar-refractivity contribution in [1.82, 2.24) is 9.55 Å². The smallest absolute Gasteiger partial charge is 0.330 e. The largest absolute Gasteiger partial charge is 0.377 e. The molecule has 1 aromatic rings. The number of aliphatic hydroxyl groups is 1. The molecule has 0 fully saturated rings. The van der Waals surface area contributed by atoms with E-state index in [2.05, 4.69) is 0 Å². The number of methoxy groups -OCH3 is 1. The highest BCUT2D eigenvalue weighted by Gasteiger charge is 2.29. The summed E-state index contributed by atoms with van der Waals surface area (Å²) in [4.78, 5) is 24.1. The summed E-state index contributed by atoms with van der Waals surface area (Å²) in [5, 5.41) is 9.68. The second-order valence-corrected chi connectivity index (χ2v) is 4.18. The van der Waals surface area contributed by atoms with Crippen LogP contribution in [0.2, 0.25) is 0 Å². The van der Waals surface area contributed by atoms with E-state index in [1.165, 1.54) is 7.11 Å². The molecule has 0 spiro atoms. The van der Waals surface area contributed by atoms with Gasteiger partial charge in [-0.15, -0.1) is 0 Å². The van der Waals surface area contributed by atoms with Crippen LogP contribution >= 0.6 is 22.6 Å². The van der Waals surface area contributed by atoms with E-state index in [4.69, 9.17) is 4.74 Å². The Bertz CT molecular complexity index is 471. The predicted octanol–water partition coefficient (Wildman–Crippen LogP) is -0.184. The van der Waals surface area contributed by atoms with Gasteiger partial charge in [0.1, 0.15) is 6.10 Å². The van der Waals surface area contributed by atoms with E-state index >= 15 is 0 Å². The fourth-order valence-corrected chi connectivity index (χ4v) is 2.10. The van der Waals surface area contributed by atoms with Gasteiger partial charge in [-0.25, -0.2) is 9.18 Å². The van der Waals surface area contributed by atoms with E-state index in [0.29, 0.717) is 8.99 Å². The second-order valence-electron chi connectivity index (χ2n) is 3.30. The van der Waals surface area contributed by atoms with Crippen molar-refractivity contribution in [3.8, 4) is 0 Å². The number of aliphatic hydroxyl groups excluding tert-OH is 1. The number of nitrogens with one attached hydrogen (secondary N) is 1. The summed E-state index contributed by atoms with van der Waals surface area (Å²) < 4.78 is 19.7. The predicted molar refractivity (Wildman–Crippen MR) is 67.2 cm³/mol. The van der Waals surface area contributed by atoms with Crippen molar-refractivity contribution in [2.75, 3.05) is 11.5 Å². The number of aromatic amines is 1. The molecule has 0 aliphatic rings. The van der Waals surface area contributed by atoms with Crippen LogP contribution in [0.15, 0.2) is 21.9 Å². The van der Waals surface area contributed by atoms with Crippen LogP contribution in [-0.2, 0) is 4.74 Å². The number of nitrogens with zero attached hydrogens (tertiary/aromatic N) is 1. The summed E-state index contributed by atoms with van der Waals surface area (Å²) >= 11 is 1.91. The number of hydrogen-bond donors (Lipinski definition) is 2. The van der Waals surface area contributed by atoms with Gasteiger partial charge < -0.3 is 9.84 Å². The number of hydrogen-bond acceptors (Lipinski definition) is 4. The third kappa shape index (κ3) is 3.36. The Hall–Kier alpha value is -0.740. The fourth-order valence-electron chi connectivity index (χ4n) is 1.26. The van der Waals surface area contributed by atoms with E-state index in [9.17, 15) is 19.1 Å². The molecule has 0 radical (unpaired) electrons. The summed E-state index contributed by atoms with van der Waals surface area (Å²) in [5.41, 5.74) is -1.47. The maximum absolute atomic E-state index is 13.8. The molecule has 1 aromatic heterocycles. The van der Waals surface area contributed by atoms with Gasteiger partial charge in [-0.2, -0.15) is 0 Å². The third-order valence-electron chi connectivity index (χ3n) is 2.23. The third-order valence-corrected chi connectivity index (χ3v) is 3.10. The summed E-state index contributed by atoms with van der Waals surface area (Å²) in [5.74, 6) is 0. The Morgan fingerprint density at radius 3 is 2.76 bits per heavy atom. The lowest BCUT2D eigenvalue weighted by atomic mass is 10.2. The van der Waals surface area contributed by atoms with Gasteiger partial charge in [0.25, 0.3) is 5.56 Å². The monoisotopic (exact) mass is 358 g/mol. The minimum Gasteiger partial charge on any atom is -0.377 e. The van der Waals surface area contributed by atoms with Crippen LogP contribution in [-0.4, -0.2) is 38.5 Å². The standard InChI is InChI=1S/C9H12FIN2O4/c1-17-5(4-11)7(10)8(15)13-3-2-6(14)12-9(13)16/h2-3,5,7-8,15H,4H2,1H3,(H,12,14,16)/t5-,7-,8-/m1/s1. The van der Waals surface area contributed by atoms with Crippen LogP contribution in [0.4, 0.5) is 4.39 Å². The molecular weight excluding hydrogens is 346 g/mol. The van der Waals surface area contributed by atoms with Crippen molar-refractivity contribution in [1.29, 1.82) is 0 Å². The summed E-state index contributed by atoms with van der Waals surface area (Å²) in [7, 11) is 1.32. The van der Waals surface area contributed by atoms with Crippen LogP contribution in [0.3, 0.4) is 0 Å². The quantitative estimate of drug-likeness (QED) is 0.565. The average molecular weight is 358 g/mol. The highest BCUT2D eigenvalue weighted by Crippen LogP contribution is 2.17. The molecule has 0 aliphatic carbocycles. The molecule has 1 heterocycles. The van der Waals surface area contributed by atoms with E-state index in [0.717, 1.165) is 12.3 Å². The first-order valence-electron chi connectivity index (χ1n) is 4.73. The van der Waals surface area contributed by atoms with Gasteiger partial charge >= 0.3 is 5.69 Å². The van der Waals surface area contributed by atoms with Gasteiger partial charge in [0, 0.05) is 23.8 Å². The molecule has 0 aliphatic heterocycles. The van der Waals surface area contributed by atoms with Crippen molar-refractivity contribution in [2.24, 2.45) is 0 Å². The zero-order chi connectivity index (χ0) is 13.0. The van der Waals surface area contributed by atoms with Crippen molar-refractivity contribution in [3.05, 3.63) is 33.1 Å². The number of aromatic nitrogens is 2. The summed E-state index contributed by atoms with van der Waals surface area (Å²) in [6, 6.07) is 1.03. The molecule has 0 unspecified atom stereocenters. The van der Waals surface area contributed by atoms with Crippen molar-refractivity contribution < 1.29 is 14.2 Å². The zero-order valence-corrected chi connectivity index (χ0v) is 11.1.